The molecule has 0 atom stereocenters. The fourth-order valence-electron chi connectivity index (χ4n) is 1.79. The van der Waals surface area contributed by atoms with Crippen molar-refractivity contribution in [3.63, 3.8) is 0 Å². The third kappa shape index (κ3) is 2.26. The smallest absolute Gasteiger partial charge is 0.259 e. The summed E-state index contributed by atoms with van der Waals surface area (Å²) in [7, 11) is -1.78. The first kappa shape index (κ1) is 11.6. The van der Waals surface area contributed by atoms with E-state index in [2.05, 4.69) is 9.71 Å². The Balaban J connectivity index is 1.99. The Hall–Kier alpha value is -0.920. The van der Waals surface area contributed by atoms with Gasteiger partial charge >= 0.3 is 0 Å². The molecule has 1 aliphatic carbocycles. The van der Waals surface area contributed by atoms with Crippen molar-refractivity contribution in [2.75, 3.05) is 6.61 Å². The van der Waals surface area contributed by atoms with Crippen LogP contribution in [0.25, 0.3) is 0 Å². The number of hydrogen-bond donors (Lipinski definition) is 2. The molecule has 1 aromatic rings. The lowest BCUT2D eigenvalue weighted by Crippen LogP contribution is -2.45. The summed E-state index contributed by atoms with van der Waals surface area (Å²) in [5.41, 5.74) is 0. The number of hydrogen-bond acceptors (Lipinski definition) is 4. The second-order valence-corrected chi connectivity index (χ2v) is 5.88. The number of aliphatic hydroxyl groups is 1. The monoisotopic (exact) mass is 245 g/mol. The first-order valence-corrected chi connectivity index (χ1v) is 6.60. The molecule has 1 heterocycles. The Kier molecular flexibility index (Phi) is 3.00. The van der Waals surface area contributed by atoms with Gasteiger partial charge in [0, 0.05) is 25.9 Å². The van der Waals surface area contributed by atoms with Crippen LogP contribution in [0.1, 0.15) is 12.8 Å². The Morgan fingerprint density at radius 1 is 1.62 bits per heavy atom. The van der Waals surface area contributed by atoms with Crippen LogP contribution in [0.3, 0.4) is 0 Å². The van der Waals surface area contributed by atoms with E-state index >= 15 is 0 Å². The summed E-state index contributed by atoms with van der Waals surface area (Å²) in [6.45, 7) is 0.127. The number of aromatic nitrogens is 2. The standard InChI is InChI=1S/C9H15N3O3S/c1-12-4-9(10-6-12)16(14,15)11-8-2-7(3-8)5-13/h4,6-8,11,13H,2-3,5H2,1H3. The quantitative estimate of drug-likeness (QED) is 0.747. The van der Waals surface area contributed by atoms with Crippen molar-refractivity contribution in [1.29, 1.82) is 0 Å². The molecule has 6 nitrogen and oxygen atoms in total. The molecule has 2 N–H and O–H groups in total. The Morgan fingerprint density at radius 2 is 2.31 bits per heavy atom. The lowest BCUT2D eigenvalue weighted by atomic mass is 9.82. The van der Waals surface area contributed by atoms with Crippen molar-refractivity contribution >= 4 is 10.0 Å². The van der Waals surface area contributed by atoms with Crippen LogP contribution in [0.15, 0.2) is 17.6 Å². The number of aryl methyl sites for hydroxylation is 1. The summed E-state index contributed by atoms with van der Waals surface area (Å²) in [5, 5.41) is 8.87. The van der Waals surface area contributed by atoms with Crippen molar-refractivity contribution in [3.05, 3.63) is 12.5 Å². The molecule has 0 unspecified atom stereocenters. The van der Waals surface area contributed by atoms with E-state index in [1.165, 1.54) is 12.5 Å². The van der Waals surface area contributed by atoms with E-state index in [0.717, 1.165) is 0 Å². The minimum Gasteiger partial charge on any atom is -0.396 e. The maximum atomic E-state index is 11.8. The summed E-state index contributed by atoms with van der Waals surface area (Å²) >= 11 is 0. The van der Waals surface area contributed by atoms with E-state index < -0.39 is 10.0 Å². The van der Waals surface area contributed by atoms with Crippen LogP contribution >= 0.6 is 0 Å². The summed E-state index contributed by atoms with van der Waals surface area (Å²) in [4.78, 5) is 3.80. The molecule has 0 amide bonds. The van der Waals surface area contributed by atoms with Crippen LogP contribution in [0.5, 0.6) is 0 Å². The summed E-state index contributed by atoms with van der Waals surface area (Å²) in [6.07, 6.45) is 4.31. The number of sulfonamides is 1. The molecule has 16 heavy (non-hydrogen) atoms. The molecule has 0 saturated heterocycles. The molecule has 1 saturated carbocycles. The van der Waals surface area contributed by atoms with Gasteiger partial charge in [0.2, 0.25) is 0 Å². The number of nitrogens with zero attached hydrogens (tertiary/aromatic N) is 2. The van der Waals surface area contributed by atoms with Crippen molar-refractivity contribution in [2.24, 2.45) is 13.0 Å². The maximum absolute atomic E-state index is 11.8. The van der Waals surface area contributed by atoms with E-state index in [0.29, 0.717) is 12.8 Å². The van der Waals surface area contributed by atoms with E-state index in [4.69, 9.17) is 5.11 Å². The van der Waals surface area contributed by atoms with Gasteiger partial charge in [-0.3, -0.25) is 0 Å². The molecule has 0 bridgehead atoms. The zero-order chi connectivity index (χ0) is 11.8. The number of rotatable bonds is 4. The molecule has 0 aromatic carbocycles. The van der Waals surface area contributed by atoms with Crippen LogP contribution in [0.4, 0.5) is 0 Å². The predicted octanol–water partition coefficient (Wildman–Crippen LogP) is -0.531. The fraction of sp³-hybridized carbons (Fsp3) is 0.667. The molecular formula is C9H15N3O3S. The first-order chi connectivity index (χ1) is 7.51. The highest BCUT2D eigenvalue weighted by atomic mass is 32.2. The lowest BCUT2D eigenvalue weighted by Gasteiger charge is -2.33. The fourth-order valence-corrected chi connectivity index (χ4v) is 3.03. The lowest BCUT2D eigenvalue weighted by molar-refractivity contribution is 0.137. The van der Waals surface area contributed by atoms with Gasteiger partial charge in [0.05, 0.1) is 6.33 Å². The van der Waals surface area contributed by atoms with Gasteiger partial charge in [-0.15, -0.1) is 0 Å². The molecule has 2 rings (SSSR count). The third-order valence-corrected chi connectivity index (χ3v) is 4.18. The second kappa shape index (κ2) is 4.15. The highest BCUT2D eigenvalue weighted by molar-refractivity contribution is 7.89. The average Bonchev–Trinajstić information content (AvgIpc) is 2.58. The van der Waals surface area contributed by atoms with E-state index in [9.17, 15) is 8.42 Å². The number of aliphatic hydroxyl groups excluding tert-OH is 1. The largest absolute Gasteiger partial charge is 0.396 e. The van der Waals surface area contributed by atoms with E-state index in [-0.39, 0.29) is 23.6 Å². The van der Waals surface area contributed by atoms with Crippen molar-refractivity contribution in [2.45, 2.75) is 23.9 Å². The normalized spacial score (nSPS) is 25.4. The molecule has 1 aliphatic rings. The van der Waals surface area contributed by atoms with Crippen molar-refractivity contribution in [3.8, 4) is 0 Å². The van der Waals surface area contributed by atoms with Gasteiger partial charge in [-0.1, -0.05) is 0 Å². The molecule has 7 heteroatoms. The van der Waals surface area contributed by atoms with Crippen LogP contribution in [0, 0.1) is 5.92 Å². The number of imidazole rings is 1. The Labute approximate surface area is 94.4 Å². The van der Waals surface area contributed by atoms with Gasteiger partial charge in [-0.2, -0.15) is 0 Å². The van der Waals surface area contributed by atoms with Gasteiger partial charge < -0.3 is 9.67 Å². The third-order valence-electron chi connectivity index (χ3n) is 2.77. The van der Waals surface area contributed by atoms with Crippen molar-refractivity contribution in [1.82, 2.24) is 14.3 Å². The minimum absolute atomic E-state index is 0.0439. The molecule has 90 valence electrons. The van der Waals surface area contributed by atoms with Crippen LogP contribution in [-0.2, 0) is 17.1 Å². The molecule has 1 aromatic heterocycles. The van der Waals surface area contributed by atoms with Gasteiger partial charge in [0.25, 0.3) is 10.0 Å². The predicted molar refractivity (Wildman–Crippen MR) is 57.1 cm³/mol. The number of nitrogens with one attached hydrogen (secondary N) is 1. The van der Waals surface area contributed by atoms with Gasteiger partial charge in [-0.25, -0.2) is 18.1 Å². The van der Waals surface area contributed by atoms with Crippen molar-refractivity contribution < 1.29 is 13.5 Å². The Morgan fingerprint density at radius 3 is 2.81 bits per heavy atom. The Bertz CT molecular complexity index is 462. The van der Waals surface area contributed by atoms with E-state index in [1.807, 2.05) is 0 Å². The van der Waals surface area contributed by atoms with Crippen LogP contribution in [-0.4, -0.2) is 35.7 Å². The highest BCUT2D eigenvalue weighted by Gasteiger charge is 2.32. The summed E-state index contributed by atoms with van der Waals surface area (Å²) < 4.78 is 27.7. The molecule has 0 spiro atoms. The first-order valence-electron chi connectivity index (χ1n) is 5.12. The van der Waals surface area contributed by atoms with Gasteiger partial charge in [0.15, 0.2) is 5.03 Å². The zero-order valence-electron chi connectivity index (χ0n) is 9.00. The molecule has 0 aliphatic heterocycles. The maximum Gasteiger partial charge on any atom is 0.259 e. The van der Waals surface area contributed by atoms with Crippen LogP contribution in [0.2, 0.25) is 0 Å². The zero-order valence-corrected chi connectivity index (χ0v) is 9.81. The van der Waals surface area contributed by atoms with Gasteiger partial charge in [-0.05, 0) is 18.8 Å². The van der Waals surface area contributed by atoms with E-state index in [1.54, 1.807) is 11.6 Å². The topological polar surface area (TPSA) is 84.2 Å². The minimum atomic E-state index is -3.49. The van der Waals surface area contributed by atoms with Crippen LogP contribution < -0.4 is 4.72 Å². The molecular weight excluding hydrogens is 230 g/mol. The molecule has 0 radical (unpaired) electrons. The summed E-state index contributed by atoms with van der Waals surface area (Å²) in [5.74, 6) is 0.233. The highest BCUT2D eigenvalue weighted by Crippen LogP contribution is 2.27. The second-order valence-electron chi connectivity index (χ2n) is 4.22. The average molecular weight is 245 g/mol. The SMILES string of the molecule is Cn1cnc(S(=O)(=O)NC2CC(CO)C2)c1. The summed E-state index contributed by atoms with van der Waals surface area (Å²) in [6, 6.07) is -0.0656. The van der Waals surface area contributed by atoms with Gasteiger partial charge in [0.1, 0.15) is 0 Å². The molecule has 1 fully saturated rings.